The maximum atomic E-state index is 5.96. The quantitative estimate of drug-likeness (QED) is 0.168. The third-order valence-corrected chi connectivity index (χ3v) is 7.82. The highest BCUT2D eigenvalue weighted by Gasteiger charge is 2.06. The van der Waals surface area contributed by atoms with Crippen molar-refractivity contribution in [2.45, 2.75) is 26.7 Å². The van der Waals surface area contributed by atoms with Crippen molar-refractivity contribution in [2.75, 3.05) is 13.2 Å². The van der Waals surface area contributed by atoms with E-state index in [1.54, 1.807) is 0 Å². The molecule has 0 amide bonds. The number of hydrogen-bond acceptors (Lipinski definition) is 3. The van der Waals surface area contributed by atoms with Gasteiger partial charge in [-0.3, -0.25) is 9.97 Å². The van der Waals surface area contributed by atoms with Gasteiger partial charge < -0.3 is 4.74 Å². The minimum atomic E-state index is 0.133. The lowest BCUT2D eigenvalue weighted by atomic mass is 10.0. The monoisotopic (exact) mass is 584 g/mol. The summed E-state index contributed by atoms with van der Waals surface area (Å²) < 4.78 is 5.96. The van der Waals surface area contributed by atoms with E-state index in [4.69, 9.17) is 4.74 Å². The first-order valence-corrected chi connectivity index (χ1v) is 15.5. The lowest BCUT2D eigenvalue weighted by Gasteiger charge is -2.08. The lowest BCUT2D eigenvalue weighted by Crippen LogP contribution is -2.09. The van der Waals surface area contributed by atoms with Crippen LogP contribution in [0.5, 0.6) is 0 Å². The zero-order valence-electron chi connectivity index (χ0n) is 25.8. The zero-order valence-corrected chi connectivity index (χ0v) is 25.8. The molecule has 0 aliphatic rings. The highest BCUT2D eigenvalue weighted by Crippen LogP contribution is 2.21. The van der Waals surface area contributed by atoms with E-state index in [9.17, 15) is 0 Å². The van der Waals surface area contributed by atoms with Crippen LogP contribution in [0, 0.1) is 35.5 Å². The number of rotatable bonds is 8. The van der Waals surface area contributed by atoms with Crippen LogP contribution >= 0.6 is 0 Å². The van der Waals surface area contributed by atoms with Crippen molar-refractivity contribution in [3.8, 4) is 23.7 Å². The molecule has 220 valence electrons. The zero-order chi connectivity index (χ0) is 30.8. The van der Waals surface area contributed by atoms with Crippen molar-refractivity contribution in [1.82, 2.24) is 9.97 Å². The van der Waals surface area contributed by atoms with Crippen LogP contribution in [0.1, 0.15) is 47.5 Å². The average molecular weight is 585 g/mol. The van der Waals surface area contributed by atoms with E-state index in [-0.39, 0.29) is 11.8 Å². The standard InChI is InChI=1S/C42H36N2O/c1-31(11-13-33-15-19-35(20-16-33)27-41-39-9-5-3-7-37(39)23-25-43-41)29-45-30-32(2)12-14-34-17-21-36(22-18-34)28-42-40-10-6-4-8-38(40)24-26-44-42/h3-10,15-26,31-32H,27-30H2,1-2H3. The molecule has 2 aromatic heterocycles. The molecule has 6 rings (SSSR count). The molecule has 0 radical (unpaired) electrons. The SMILES string of the molecule is CC(C#Cc1ccc(Cc2nccc3ccccc23)cc1)COCC(C)C#Cc1ccc(Cc2nccc3ccccc23)cc1. The summed E-state index contributed by atoms with van der Waals surface area (Å²) in [5, 5.41) is 4.86. The fourth-order valence-corrected chi connectivity index (χ4v) is 5.36. The predicted octanol–water partition coefficient (Wildman–Crippen LogP) is 8.66. The first-order valence-electron chi connectivity index (χ1n) is 15.5. The Kier molecular flexibility index (Phi) is 9.61. The molecule has 0 saturated carbocycles. The van der Waals surface area contributed by atoms with Crippen LogP contribution in [0.25, 0.3) is 21.5 Å². The Hall–Kier alpha value is -5.22. The summed E-state index contributed by atoms with van der Waals surface area (Å²) >= 11 is 0. The van der Waals surface area contributed by atoms with Crippen molar-refractivity contribution < 1.29 is 4.74 Å². The largest absolute Gasteiger partial charge is 0.379 e. The maximum Gasteiger partial charge on any atom is 0.0601 e. The van der Waals surface area contributed by atoms with Gasteiger partial charge in [-0.15, -0.1) is 0 Å². The second-order valence-electron chi connectivity index (χ2n) is 11.6. The molecule has 4 aromatic carbocycles. The number of ether oxygens (including phenoxy) is 1. The second kappa shape index (κ2) is 14.5. The summed E-state index contributed by atoms with van der Waals surface area (Å²) in [4.78, 5) is 9.25. The Morgan fingerprint density at radius 2 is 0.956 bits per heavy atom. The topological polar surface area (TPSA) is 35.0 Å². The molecule has 2 atom stereocenters. The number of hydrogen-bond donors (Lipinski definition) is 0. The molecule has 2 heterocycles. The smallest absolute Gasteiger partial charge is 0.0601 e. The summed E-state index contributed by atoms with van der Waals surface area (Å²) in [7, 11) is 0. The van der Waals surface area contributed by atoms with Gasteiger partial charge in [0.05, 0.1) is 24.6 Å². The highest BCUT2D eigenvalue weighted by molar-refractivity contribution is 5.85. The molecule has 2 unspecified atom stereocenters. The van der Waals surface area contributed by atoms with E-state index in [0.717, 1.165) is 35.4 Å². The van der Waals surface area contributed by atoms with E-state index >= 15 is 0 Å². The lowest BCUT2D eigenvalue weighted by molar-refractivity contribution is 0.105. The third kappa shape index (κ3) is 8.04. The molecule has 6 aromatic rings. The van der Waals surface area contributed by atoms with Gasteiger partial charge in [0, 0.05) is 59.0 Å². The van der Waals surface area contributed by atoms with Crippen molar-refractivity contribution in [2.24, 2.45) is 11.8 Å². The highest BCUT2D eigenvalue weighted by atomic mass is 16.5. The normalized spacial score (nSPS) is 12.1. The molecule has 0 fully saturated rings. The molecule has 0 bridgehead atoms. The number of pyridine rings is 2. The van der Waals surface area contributed by atoms with E-state index in [2.05, 4.69) is 157 Å². The van der Waals surface area contributed by atoms with Crippen LogP contribution in [0.3, 0.4) is 0 Å². The molecule has 0 spiro atoms. The number of aromatic nitrogens is 2. The summed E-state index contributed by atoms with van der Waals surface area (Å²) in [6.45, 7) is 5.36. The van der Waals surface area contributed by atoms with Gasteiger partial charge in [-0.05, 0) is 72.1 Å². The van der Waals surface area contributed by atoms with E-state index in [1.807, 2.05) is 12.4 Å². The molecular formula is C42H36N2O. The molecule has 3 nitrogen and oxygen atoms in total. The summed E-state index contributed by atoms with van der Waals surface area (Å²) in [5.41, 5.74) is 6.67. The molecule has 0 N–H and O–H groups in total. The average Bonchev–Trinajstić information content (AvgIpc) is 3.08. The fraction of sp³-hybridized carbons (Fsp3) is 0.190. The van der Waals surface area contributed by atoms with E-state index in [1.165, 1.54) is 32.7 Å². The van der Waals surface area contributed by atoms with E-state index in [0.29, 0.717) is 13.2 Å². The van der Waals surface area contributed by atoms with Gasteiger partial charge in [0.25, 0.3) is 0 Å². The van der Waals surface area contributed by atoms with Crippen molar-refractivity contribution in [3.05, 3.63) is 155 Å². The van der Waals surface area contributed by atoms with Gasteiger partial charge in [0.1, 0.15) is 0 Å². The Bertz CT molecular complexity index is 1860. The van der Waals surface area contributed by atoms with E-state index < -0.39 is 0 Å². The second-order valence-corrected chi connectivity index (χ2v) is 11.6. The maximum absolute atomic E-state index is 5.96. The Morgan fingerprint density at radius 1 is 0.533 bits per heavy atom. The molecule has 45 heavy (non-hydrogen) atoms. The summed E-state index contributed by atoms with van der Waals surface area (Å²) in [6, 6.07) is 37.8. The van der Waals surface area contributed by atoms with Crippen LogP contribution in [0.15, 0.2) is 122 Å². The Balaban J connectivity index is 0.953. The molecule has 0 aliphatic carbocycles. The Labute approximate surface area is 266 Å². The van der Waals surface area contributed by atoms with Crippen molar-refractivity contribution in [1.29, 1.82) is 0 Å². The summed E-state index contributed by atoms with van der Waals surface area (Å²) in [6.07, 6.45) is 5.38. The van der Waals surface area contributed by atoms with Gasteiger partial charge >= 0.3 is 0 Å². The van der Waals surface area contributed by atoms with Gasteiger partial charge in [-0.1, -0.05) is 96.5 Å². The summed E-state index contributed by atoms with van der Waals surface area (Å²) in [5.74, 6) is 13.5. The van der Waals surface area contributed by atoms with Crippen LogP contribution in [-0.2, 0) is 17.6 Å². The molecule has 0 saturated heterocycles. The molecule has 0 aliphatic heterocycles. The molecule has 3 heteroatoms. The number of benzene rings is 4. The van der Waals surface area contributed by atoms with Gasteiger partial charge in [0.2, 0.25) is 0 Å². The van der Waals surface area contributed by atoms with Crippen molar-refractivity contribution >= 4 is 21.5 Å². The number of nitrogens with zero attached hydrogens (tertiary/aromatic N) is 2. The van der Waals surface area contributed by atoms with Gasteiger partial charge in [0.15, 0.2) is 0 Å². The van der Waals surface area contributed by atoms with Crippen LogP contribution in [0.2, 0.25) is 0 Å². The number of fused-ring (bicyclic) bond motifs is 2. The van der Waals surface area contributed by atoms with Crippen LogP contribution in [-0.4, -0.2) is 23.2 Å². The van der Waals surface area contributed by atoms with Crippen molar-refractivity contribution in [3.63, 3.8) is 0 Å². The van der Waals surface area contributed by atoms with Gasteiger partial charge in [-0.2, -0.15) is 0 Å². The van der Waals surface area contributed by atoms with Crippen LogP contribution < -0.4 is 0 Å². The minimum absolute atomic E-state index is 0.133. The fourth-order valence-electron chi connectivity index (χ4n) is 5.36. The third-order valence-electron chi connectivity index (χ3n) is 7.82. The predicted molar refractivity (Wildman–Crippen MR) is 185 cm³/mol. The molecular weight excluding hydrogens is 548 g/mol. The Morgan fingerprint density at radius 3 is 1.40 bits per heavy atom. The van der Waals surface area contributed by atoms with Gasteiger partial charge in [-0.25, -0.2) is 0 Å². The first kappa shape index (κ1) is 29.8. The minimum Gasteiger partial charge on any atom is -0.379 e. The first-order chi connectivity index (χ1) is 22.1. The van der Waals surface area contributed by atoms with Crippen LogP contribution in [0.4, 0.5) is 0 Å².